The average molecular weight is 432 g/mol. The van der Waals surface area contributed by atoms with E-state index < -0.39 is 15.8 Å². The van der Waals surface area contributed by atoms with Crippen LogP contribution in [-0.2, 0) is 21.4 Å². The van der Waals surface area contributed by atoms with E-state index in [9.17, 15) is 17.6 Å². The van der Waals surface area contributed by atoms with E-state index in [1.54, 1.807) is 23.1 Å². The fourth-order valence-corrected chi connectivity index (χ4v) is 3.96. The van der Waals surface area contributed by atoms with Crippen molar-refractivity contribution in [3.63, 3.8) is 0 Å². The predicted molar refractivity (Wildman–Crippen MR) is 104 cm³/mol. The van der Waals surface area contributed by atoms with E-state index in [1.165, 1.54) is 0 Å². The lowest BCUT2D eigenvalue weighted by Crippen LogP contribution is -2.38. The minimum atomic E-state index is -3.86. The Kier molecular flexibility index (Phi) is 5.22. The number of carbonyl (C=O) groups is 1. The van der Waals surface area contributed by atoms with E-state index in [-0.39, 0.29) is 35.7 Å². The first-order valence-electron chi connectivity index (χ1n) is 9.03. The number of hydrogen-bond acceptors (Lipinski definition) is 7. The highest BCUT2D eigenvalue weighted by Gasteiger charge is 2.25. The van der Waals surface area contributed by atoms with Crippen molar-refractivity contribution in [3.05, 3.63) is 54.2 Å². The first-order valence-corrected chi connectivity index (χ1v) is 10.5. The number of nitrogens with zero attached hydrogens (tertiary/aromatic N) is 3. The molecule has 156 valence electrons. The fraction of sp³-hybridized carbons (Fsp3) is 0.211. The predicted octanol–water partition coefficient (Wildman–Crippen LogP) is 2.10. The second-order valence-corrected chi connectivity index (χ2v) is 8.17. The summed E-state index contributed by atoms with van der Waals surface area (Å²) >= 11 is 0. The molecular weight excluding hydrogens is 415 g/mol. The molecule has 0 unspecified atom stereocenters. The molecule has 1 aliphatic heterocycles. The Morgan fingerprint density at radius 1 is 1.20 bits per heavy atom. The van der Waals surface area contributed by atoms with Crippen LogP contribution in [0.5, 0.6) is 5.75 Å². The summed E-state index contributed by atoms with van der Waals surface area (Å²) in [6.07, 6.45) is 0. The van der Waals surface area contributed by atoms with Crippen molar-refractivity contribution >= 4 is 21.6 Å². The topological polar surface area (TPSA) is 115 Å². The van der Waals surface area contributed by atoms with Gasteiger partial charge in [-0.15, -0.1) is 0 Å². The van der Waals surface area contributed by atoms with Gasteiger partial charge < -0.3 is 14.2 Å². The molecule has 0 radical (unpaired) electrons. The molecule has 2 heterocycles. The summed E-state index contributed by atoms with van der Waals surface area (Å²) in [5.74, 6) is 0.187. The highest BCUT2D eigenvalue weighted by atomic mass is 32.2. The Hall–Kier alpha value is -3.31. The molecule has 0 spiro atoms. The number of sulfonamides is 1. The number of nitrogens with one attached hydrogen (secondary N) is 1. The number of fused-ring (bicyclic) bond motifs is 1. The molecule has 0 fully saturated rings. The Morgan fingerprint density at radius 2 is 1.97 bits per heavy atom. The van der Waals surface area contributed by atoms with E-state index >= 15 is 0 Å². The second-order valence-electron chi connectivity index (χ2n) is 6.40. The summed E-state index contributed by atoms with van der Waals surface area (Å²) in [6.45, 7) is 2.10. The Bertz CT molecular complexity index is 1190. The zero-order valence-electron chi connectivity index (χ0n) is 15.8. The van der Waals surface area contributed by atoms with Crippen LogP contribution in [0.15, 0.2) is 51.9 Å². The molecule has 0 atom stereocenters. The number of likely N-dealkylation sites (N-methyl/N-ethyl adjacent to an activating group) is 1. The molecule has 1 aromatic heterocycles. The summed E-state index contributed by atoms with van der Waals surface area (Å²) < 4.78 is 50.4. The van der Waals surface area contributed by atoms with Crippen LogP contribution in [0.1, 0.15) is 12.8 Å². The molecule has 1 N–H and O–H groups in total. The number of amides is 1. The molecule has 0 bridgehead atoms. The van der Waals surface area contributed by atoms with Gasteiger partial charge >= 0.3 is 0 Å². The normalized spacial score (nSPS) is 13.8. The largest absolute Gasteiger partial charge is 0.482 e. The Labute approximate surface area is 171 Å². The summed E-state index contributed by atoms with van der Waals surface area (Å²) in [4.78, 5) is 17.7. The lowest BCUT2D eigenvalue weighted by Gasteiger charge is -2.28. The van der Waals surface area contributed by atoms with Gasteiger partial charge in [0.25, 0.3) is 5.91 Å². The Balaban J connectivity index is 1.51. The van der Waals surface area contributed by atoms with E-state index in [0.29, 0.717) is 23.5 Å². The number of halogens is 1. The standard InChI is InChI=1S/C19H17FN4O5S/c1-2-24-15-9-12(3-8-16(15)28-11-18(24)25)19-22-17(29-23-19)10-21-30(26,27)14-6-4-13(20)5-7-14/h3-9,21H,2,10-11H2,1H3. The maximum absolute atomic E-state index is 13.0. The molecule has 1 aliphatic rings. The molecule has 11 heteroatoms. The first-order chi connectivity index (χ1) is 14.4. The Morgan fingerprint density at radius 3 is 2.70 bits per heavy atom. The molecule has 9 nitrogen and oxygen atoms in total. The summed E-state index contributed by atoms with van der Waals surface area (Å²) in [6, 6.07) is 9.59. The van der Waals surface area contributed by atoms with Crippen molar-refractivity contribution in [1.29, 1.82) is 0 Å². The zero-order valence-corrected chi connectivity index (χ0v) is 16.6. The third-order valence-electron chi connectivity index (χ3n) is 4.48. The van der Waals surface area contributed by atoms with Crippen LogP contribution >= 0.6 is 0 Å². The van der Waals surface area contributed by atoms with Gasteiger partial charge in [0.05, 0.1) is 17.1 Å². The van der Waals surface area contributed by atoms with Gasteiger partial charge in [-0.25, -0.2) is 17.5 Å². The molecule has 0 saturated heterocycles. The molecule has 4 rings (SSSR count). The lowest BCUT2D eigenvalue weighted by molar-refractivity contribution is -0.121. The van der Waals surface area contributed by atoms with Gasteiger partial charge in [-0.3, -0.25) is 4.79 Å². The lowest BCUT2D eigenvalue weighted by atomic mass is 10.1. The highest BCUT2D eigenvalue weighted by Crippen LogP contribution is 2.35. The van der Waals surface area contributed by atoms with Crippen molar-refractivity contribution in [2.75, 3.05) is 18.1 Å². The number of aromatic nitrogens is 2. The quantitative estimate of drug-likeness (QED) is 0.634. The minimum absolute atomic E-state index is 0.0132. The summed E-state index contributed by atoms with van der Waals surface area (Å²) in [5.41, 5.74) is 1.19. The van der Waals surface area contributed by atoms with Crippen LogP contribution in [0.3, 0.4) is 0 Å². The minimum Gasteiger partial charge on any atom is -0.482 e. The molecule has 30 heavy (non-hydrogen) atoms. The van der Waals surface area contributed by atoms with Crippen molar-refractivity contribution < 1.29 is 26.9 Å². The first kappa shape index (κ1) is 20.0. The maximum Gasteiger partial charge on any atom is 0.265 e. The summed E-state index contributed by atoms with van der Waals surface area (Å²) in [7, 11) is -3.86. The maximum atomic E-state index is 13.0. The highest BCUT2D eigenvalue weighted by molar-refractivity contribution is 7.89. The van der Waals surface area contributed by atoms with Crippen LogP contribution in [0.4, 0.5) is 10.1 Å². The third-order valence-corrected chi connectivity index (χ3v) is 5.90. The van der Waals surface area contributed by atoms with Gasteiger partial charge in [-0.2, -0.15) is 4.98 Å². The fourth-order valence-electron chi connectivity index (χ4n) is 2.99. The van der Waals surface area contributed by atoms with Crippen LogP contribution < -0.4 is 14.4 Å². The van der Waals surface area contributed by atoms with Gasteiger partial charge in [0.1, 0.15) is 11.6 Å². The summed E-state index contributed by atoms with van der Waals surface area (Å²) in [5, 5.41) is 3.88. The second kappa shape index (κ2) is 7.84. The molecule has 2 aromatic carbocycles. The monoisotopic (exact) mass is 432 g/mol. The van der Waals surface area contributed by atoms with Gasteiger partial charge in [0, 0.05) is 12.1 Å². The van der Waals surface area contributed by atoms with Gasteiger partial charge in [0.2, 0.25) is 21.7 Å². The van der Waals surface area contributed by atoms with E-state index in [4.69, 9.17) is 9.26 Å². The molecular formula is C19H17FN4O5S. The molecule has 3 aromatic rings. The van der Waals surface area contributed by atoms with Crippen LogP contribution in [-0.4, -0.2) is 37.6 Å². The smallest absolute Gasteiger partial charge is 0.265 e. The van der Waals surface area contributed by atoms with Gasteiger partial charge in [0.15, 0.2) is 6.61 Å². The van der Waals surface area contributed by atoms with Crippen LogP contribution in [0.2, 0.25) is 0 Å². The molecule has 0 saturated carbocycles. The number of rotatable bonds is 6. The van der Waals surface area contributed by atoms with Crippen LogP contribution in [0.25, 0.3) is 11.4 Å². The third kappa shape index (κ3) is 3.89. The van der Waals surface area contributed by atoms with Crippen LogP contribution in [0, 0.1) is 5.82 Å². The number of hydrogen-bond donors (Lipinski definition) is 1. The van der Waals surface area contributed by atoms with E-state index in [2.05, 4.69) is 14.9 Å². The number of carbonyl (C=O) groups excluding carboxylic acids is 1. The SMILES string of the molecule is CCN1C(=O)COc2ccc(-c3noc(CNS(=O)(=O)c4ccc(F)cc4)n3)cc21. The van der Waals surface area contributed by atoms with Gasteiger partial charge in [-0.05, 0) is 49.4 Å². The van der Waals surface area contributed by atoms with E-state index in [0.717, 1.165) is 24.3 Å². The zero-order chi connectivity index (χ0) is 21.3. The average Bonchev–Trinajstić information content (AvgIpc) is 3.21. The van der Waals surface area contributed by atoms with Crippen molar-refractivity contribution in [2.24, 2.45) is 0 Å². The van der Waals surface area contributed by atoms with Gasteiger partial charge in [-0.1, -0.05) is 5.16 Å². The van der Waals surface area contributed by atoms with Crippen molar-refractivity contribution in [2.45, 2.75) is 18.4 Å². The van der Waals surface area contributed by atoms with E-state index in [1.807, 2.05) is 6.92 Å². The number of ether oxygens (including phenoxy) is 1. The molecule has 1 amide bonds. The van der Waals surface area contributed by atoms with Crippen molar-refractivity contribution in [3.8, 4) is 17.1 Å². The number of anilines is 1. The molecule has 0 aliphatic carbocycles. The van der Waals surface area contributed by atoms with Crippen molar-refractivity contribution in [1.82, 2.24) is 14.9 Å². The number of benzene rings is 2.